The highest BCUT2D eigenvalue weighted by Gasteiger charge is 2.12. The van der Waals surface area contributed by atoms with E-state index in [9.17, 15) is 4.79 Å². The molecule has 0 aliphatic carbocycles. The van der Waals surface area contributed by atoms with Crippen molar-refractivity contribution in [1.29, 1.82) is 0 Å². The quantitative estimate of drug-likeness (QED) is 0.203. The van der Waals surface area contributed by atoms with Crippen LogP contribution >= 0.6 is 27.5 Å². The number of rotatable bonds is 12. The van der Waals surface area contributed by atoms with Gasteiger partial charge in [-0.15, -0.1) is 0 Å². The minimum Gasteiger partial charge on any atom is -0.493 e. The van der Waals surface area contributed by atoms with Gasteiger partial charge >= 0.3 is 0 Å². The second-order valence-corrected chi connectivity index (χ2v) is 8.52. The van der Waals surface area contributed by atoms with Crippen LogP contribution in [-0.4, -0.2) is 32.4 Å². The fourth-order valence-electron chi connectivity index (χ4n) is 2.95. The molecule has 2 rings (SSSR count). The molecule has 174 valence electrons. The van der Waals surface area contributed by atoms with Crippen molar-refractivity contribution in [2.24, 2.45) is 5.10 Å². The maximum Gasteiger partial charge on any atom is 0.277 e. The topological polar surface area (TPSA) is 69.2 Å². The Morgan fingerprint density at radius 2 is 1.91 bits per heavy atom. The SMILES string of the molecule is CCCCCCOc1ccc(/C=N/NC(=O)COc2cc(C)c(Cl)c(C)c2Br)cc1OC. The summed E-state index contributed by atoms with van der Waals surface area (Å²) < 4.78 is 17.6. The number of hydrogen-bond acceptors (Lipinski definition) is 5. The molecule has 0 aliphatic heterocycles. The zero-order chi connectivity index (χ0) is 23.5. The van der Waals surface area contributed by atoms with E-state index in [0.717, 1.165) is 34.0 Å². The van der Waals surface area contributed by atoms with Crippen molar-refractivity contribution >= 4 is 39.7 Å². The fraction of sp³-hybridized carbons (Fsp3) is 0.417. The Balaban J connectivity index is 1.87. The number of nitrogens with zero attached hydrogens (tertiary/aromatic N) is 1. The molecule has 0 atom stereocenters. The summed E-state index contributed by atoms with van der Waals surface area (Å²) in [6, 6.07) is 7.29. The number of methoxy groups -OCH3 is 1. The van der Waals surface area contributed by atoms with E-state index < -0.39 is 0 Å². The molecule has 2 aromatic carbocycles. The van der Waals surface area contributed by atoms with E-state index in [2.05, 4.69) is 33.4 Å². The highest BCUT2D eigenvalue weighted by Crippen LogP contribution is 2.35. The van der Waals surface area contributed by atoms with Gasteiger partial charge in [0.15, 0.2) is 18.1 Å². The van der Waals surface area contributed by atoms with Crippen molar-refractivity contribution in [3.8, 4) is 17.2 Å². The average Bonchev–Trinajstić information content (AvgIpc) is 2.79. The maximum atomic E-state index is 12.1. The second-order valence-electron chi connectivity index (χ2n) is 7.35. The normalized spacial score (nSPS) is 10.9. The number of aryl methyl sites for hydroxylation is 1. The number of halogens is 2. The van der Waals surface area contributed by atoms with E-state index in [1.165, 1.54) is 19.1 Å². The van der Waals surface area contributed by atoms with Gasteiger partial charge in [0.1, 0.15) is 5.75 Å². The Hall–Kier alpha value is -2.25. The largest absolute Gasteiger partial charge is 0.493 e. The third kappa shape index (κ3) is 7.71. The van der Waals surface area contributed by atoms with E-state index in [1.54, 1.807) is 13.2 Å². The highest BCUT2D eigenvalue weighted by molar-refractivity contribution is 9.10. The predicted molar refractivity (Wildman–Crippen MR) is 132 cm³/mol. The van der Waals surface area contributed by atoms with Gasteiger partial charge < -0.3 is 14.2 Å². The van der Waals surface area contributed by atoms with Crippen LogP contribution in [0.25, 0.3) is 0 Å². The van der Waals surface area contributed by atoms with Crippen molar-refractivity contribution < 1.29 is 19.0 Å². The molecule has 0 heterocycles. The first kappa shape index (κ1) is 26.0. The van der Waals surface area contributed by atoms with Gasteiger partial charge in [0.2, 0.25) is 0 Å². The summed E-state index contributed by atoms with van der Waals surface area (Å²) in [7, 11) is 1.59. The summed E-state index contributed by atoms with van der Waals surface area (Å²) in [5, 5.41) is 4.66. The number of benzene rings is 2. The molecule has 0 fully saturated rings. The van der Waals surface area contributed by atoms with Gasteiger partial charge in [-0.3, -0.25) is 4.79 Å². The Bertz CT molecular complexity index is 950. The lowest BCUT2D eigenvalue weighted by Gasteiger charge is -2.12. The molecule has 0 saturated heterocycles. The van der Waals surface area contributed by atoms with Crippen LogP contribution in [0.1, 0.15) is 49.3 Å². The van der Waals surface area contributed by atoms with Crippen molar-refractivity contribution in [2.75, 3.05) is 20.3 Å². The molecule has 0 aliphatic rings. The summed E-state index contributed by atoms with van der Waals surface area (Å²) in [6.45, 7) is 6.43. The number of nitrogens with one attached hydrogen (secondary N) is 1. The minimum absolute atomic E-state index is 0.176. The standard InChI is InChI=1S/C24H30BrClN2O4/c1-5-6-7-8-11-31-19-10-9-18(13-20(19)30-4)14-27-28-22(29)15-32-21-12-16(2)24(26)17(3)23(21)25/h9-10,12-14H,5-8,11,15H2,1-4H3,(H,28,29)/b27-14+. The smallest absolute Gasteiger partial charge is 0.277 e. The molecule has 1 N–H and O–H groups in total. The number of hydrazone groups is 1. The Labute approximate surface area is 203 Å². The molecule has 1 amide bonds. The monoisotopic (exact) mass is 524 g/mol. The van der Waals surface area contributed by atoms with Crippen LogP contribution in [-0.2, 0) is 4.79 Å². The summed E-state index contributed by atoms with van der Waals surface area (Å²) in [4.78, 5) is 12.1. The van der Waals surface area contributed by atoms with E-state index >= 15 is 0 Å². The number of carbonyl (C=O) groups excluding carboxylic acids is 1. The maximum absolute atomic E-state index is 12.1. The Kier molecular flexibility index (Phi) is 10.8. The van der Waals surface area contributed by atoms with Gasteiger partial charge in [-0.2, -0.15) is 5.10 Å². The van der Waals surface area contributed by atoms with Gasteiger partial charge in [0.05, 0.1) is 24.4 Å². The molecule has 0 radical (unpaired) electrons. The zero-order valence-corrected chi connectivity index (χ0v) is 21.3. The first-order valence-electron chi connectivity index (χ1n) is 10.6. The van der Waals surface area contributed by atoms with Crippen LogP contribution in [0.15, 0.2) is 33.8 Å². The van der Waals surface area contributed by atoms with Crippen LogP contribution in [0, 0.1) is 13.8 Å². The van der Waals surface area contributed by atoms with E-state index in [-0.39, 0.29) is 12.5 Å². The van der Waals surface area contributed by atoms with E-state index in [4.69, 9.17) is 25.8 Å². The summed E-state index contributed by atoms with van der Waals surface area (Å²) >= 11 is 9.67. The molecule has 0 aromatic heterocycles. The molecule has 6 nitrogen and oxygen atoms in total. The molecule has 0 saturated carbocycles. The Morgan fingerprint density at radius 1 is 1.12 bits per heavy atom. The number of carbonyl (C=O) groups is 1. The molecule has 0 unspecified atom stereocenters. The zero-order valence-electron chi connectivity index (χ0n) is 19.0. The summed E-state index contributed by atoms with van der Waals surface area (Å²) in [6.07, 6.45) is 6.11. The van der Waals surface area contributed by atoms with Gasteiger partial charge in [-0.05, 0) is 77.2 Å². The van der Waals surface area contributed by atoms with E-state index in [1.807, 2.05) is 32.0 Å². The van der Waals surface area contributed by atoms with Crippen molar-refractivity contribution in [3.63, 3.8) is 0 Å². The lowest BCUT2D eigenvalue weighted by molar-refractivity contribution is -0.123. The molecule has 0 bridgehead atoms. The van der Waals surface area contributed by atoms with Gasteiger partial charge in [-0.1, -0.05) is 37.8 Å². The van der Waals surface area contributed by atoms with Crippen molar-refractivity contribution in [2.45, 2.75) is 46.5 Å². The van der Waals surface area contributed by atoms with Crippen LogP contribution in [0.4, 0.5) is 0 Å². The van der Waals surface area contributed by atoms with Crippen LogP contribution in [0.5, 0.6) is 17.2 Å². The van der Waals surface area contributed by atoms with Crippen LogP contribution < -0.4 is 19.6 Å². The summed E-state index contributed by atoms with van der Waals surface area (Å²) in [5.74, 6) is 1.49. The fourth-order valence-corrected chi connectivity index (χ4v) is 3.64. The van der Waals surface area contributed by atoms with Gasteiger partial charge in [0.25, 0.3) is 5.91 Å². The molecule has 32 heavy (non-hydrogen) atoms. The minimum atomic E-state index is -0.377. The number of amides is 1. The molecule has 0 spiro atoms. The van der Waals surface area contributed by atoms with Crippen LogP contribution in [0.2, 0.25) is 5.02 Å². The second kappa shape index (κ2) is 13.3. The van der Waals surface area contributed by atoms with Gasteiger partial charge in [-0.25, -0.2) is 5.43 Å². The van der Waals surface area contributed by atoms with Crippen molar-refractivity contribution in [3.05, 3.63) is 50.5 Å². The van der Waals surface area contributed by atoms with E-state index in [0.29, 0.717) is 28.9 Å². The lowest BCUT2D eigenvalue weighted by atomic mass is 10.1. The third-order valence-electron chi connectivity index (χ3n) is 4.77. The molecule has 8 heteroatoms. The third-order valence-corrected chi connectivity index (χ3v) is 6.34. The first-order chi connectivity index (χ1) is 15.4. The number of unbranched alkanes of at least 4 members (excludes halogenated alkanes) is 3. The molecular weight excluding hydrogens is 496 g/mol. The molecule has 2 aromatic rings. The van der Waals surface area contributed by atoms with Gasteiger partial charge in [0, 0.05) is 5.02 Å². The average molecular weight is 526 g/mol. The first-order valence-corrected chi connectivity index (χ1v) is 11.7. The summed E-state index contributed by atoms with van der Waals surface area (Å²) in [5.41, 5.74) is 4.97. The number of ether oxygens (including phenoxy) is 3. The molecular formula is C24H30BrClN2O4. The lowest BCUT2D eigenvalue weighted by Crippen LogP contribution is -2.24. The van der Waals surface area contributed by atoms with Crippen molar-refractivity contribution in [1.82, 2.24) is 5.43 Å². The predicted octanol–water partition coefficient (Wildman–Crippen LogP) is 6.22. The van der Waals surface area contributed by atoms with Crippen LogP contribution in [0.3, 0.4) is 0 Å². The Morgan fingerprint density at radius 3 is 2.62 bits per heavy atom. The highest BCUT2D eigenvalue weighted by atomic mass is 79.9. The number of hydrogen-bond donors (Lipinski definition) is 1.